The Morgan fingerprint density at radius 2 is 1.90 bits per heavy atom. The third-order valence-corrected chi connectivity index (χ3v) is 5.08. The highest BCUT2D eigenvalue weighted by molar-refractivity contribution is 7.11. The smallest absolute Gasteiger partial charge is 0.0472 e. The van der Waals surface area contributed by atoms with Crippen molar-refractivity contribution in [1.82, 2.24) is 9.80 Å². The van der Waals surface area contributed by atoms with E-state index >= 15 is 0 Å². The van der Waals surface area contributed by atoms with E-state index in [0.29, 0.717) is 6.04 Å². The first-order valence-corrected chi connectivity index (χ1v) is 8.07. The zero-order chi connectivity index (χ0) is 13.9. The molecule has 0 aliphatic carbocycles. The van der Waals surface area contributed by atoms with Gasteiger partial charge in [0.15, 0.2) is 0 Å². The maximum absolute atomic E-state index is 2.59. The first kappa shape index (κ1) is 13.8. The van der Waals surface area contributed by atoms with Gasteiger partial charge in [0.25, 0.3) is 0 Å². The molecule has 1 fully saturated rings. The van der Waals surface area contributed by atoms with Crippen molar-refractivity contribution in [2.75, 3.05) is 26.7 Å². The predicted octanol–water partition coefficient (Wildman–Crippen LogP) is 3.55. The van der Waals surface area contributed by atoms with Crippen molar-refractivity contribution >= 4 is 11.3 Å². The molecular formula is C17H22N2S. The van der Waals surface area contributed by atoms with E-state index in [1.807, 2.05) is 11.3 Å². The summed E-state index contributed by atoms with van der Waals surface area (Å²) in [5.74, 6) is 0. The number of thiophene rings is 1. The molecule has 1 aromatic carbocycles. The molecule has 20 heavy (non-hydrogen) atoms. The van der Waals surface area contributed by atoms with Crippen LogP contribution in [0.3, 0.4) is 0 Å². The van der Waals surface area contributed by atoms with Gasteiger partial charge in [-0.05, 0) is 31.7 Å². The molecular weight excluding hydrogens is 264 g/mol. The van der Waals surface area contributed by atoms with Gasteiger partial charge in [-0.1, -0.05) is 30.3 Å². The third kappa shape index (κ3) is 3.11. The van der Waals surface area contributed by atoms with Crippen LogP contribution in [0.1, 0.15) is 21.4 Å². The van der Waals surface area contributed by atoms with Crippen LogP contribution in [0.15, 0.2) is 42.5 Å². The fourth-order valence-corrected chi connectivity index (χ4v) is 3.83. The van der Waals surface area contributed by atoms with Gasteiger partial charge in [-0.3, -0.25) is 9.80 Å². The van der Waals surface area contributed by atoms with E-state index in [2.05, 4.69) is 66.2 Å². The first-order chi connectivity index (χ1) is 9.72. The molecule has 0 radical (unpaired) electrons. The Labute approximate surface area is 125 Å². The van der Waals surface area contributed by atoms with Crippen LogP contribution < -0.4 is 0 Å². The second-order valence-electron chi connectivity index (χ2n) is 5.65. The van der Waals surface area contributed by atoms with Crippen LogP contribution in [0.25, 0.3) is 0 Å². The number of likely N-dealkylation sites (N-methyl/N-ethyl adjacent to an activating group) is 1. The molecule has 1 aromatic heterocycles. The summed E-state index contributed by atoms with van der Waals surface area (Å²) in [4.78, 5) is 7.96. The zero-order valence-corrected chi connectivity index (χ0v) is 13.1. The summed E-state index contributed by atoms with van der Waals surface area (Å²) in [6, 6.07) is 15.9. The quantitative estimate of drug-likeness (QED) is 0.851. The van der Waals surface area contributed by atoms with Crippen molar-refractivity contribution in [2.24, 2.45) is 0 Å². The van der Waals surface area contributed by atoms with Crippen molar-refractivity contribution in [1.29, 1.82) is 0 Å². The number of benzene rings is 1. The van der Waals surface area contributed by atoms with Crippen molar-refractivity contribution in [3.05, 3.63) is 57.8 Å². The van der Waals surface area contributed by atoms with E-state index in [0.717, 1.165) is 26.2 Å². The monoisotopic (exact) mass is 286 g/mol. The van der Waals surface area contributed by atoms with Crippen LogP contribution in [0.2, 0.25) is 0 Å². The van der Waals surface area contributed by atoms with Gasteiger partial charge >= 0.3 is 0 Å². The van der Waals surface area contributed by atoms with E-state index in [1.165, 1.54) is 15.3 Å². The number of aryl methyl sites for hydroxylation is 1. The molecule has 0 N–H and O–H groups in total. The van der Waals surface area contributed by atoms with Crippen molar-refractivity contribution in [2.45, 2.75) is 19.5 Å². The molecule has 106 valence electrons. The number of piperazine rings is 1. The molecule has 1 aliphatic rings. The Morgan fingerprint density at radius 3 is 2.60 bits per heavy atom. The second-order valence-corrected chi connectivity index (χ2v) is 7.03. The van der Waals surface area contributed by atoms with E-state index in [4.69, 9.17) is 0 Å². The zero-order valence-electron chi connectivity index (χ0n) is 12.2. The predicted molar refractivity (Wildman–Crippen MR) is 86.1 cm³/mol. The lowest BCUT2D eigenvalue weighted by Gasteiger charge is -2.39. The number of hydrogen-bond donors (Lipinski definition) is 0. The first-order valence-electron chi connectivity index (χ1n) is 7.25. The number of rotatable bonds is 3. The highest BCUT2D eigenvalue weighted by atomic mass is 32.1. The fourth-order valence-electron chi connectivity index (χ4n) is 2.90. The molecule has 1 unspecified atom stereocenters. The molecule has 0 spiro atoms. The molecule has 2 nitrogen and oxygen atoms in total. The lowest BCUT2D eigenvalue weighted by Crippen LogP contribution is -2.46. The van der Waals surface area contributed by atoms with E-state index in [9.17, 15) is 0 Å². The summed E-state index contributed by atoms with van der Waals surface area (Å²) >= 11 is 1.92. The Balaban J connectivity index is 1.70. The molecule has 1 atom stereocenters. The Bertz CT molecular complexity index is 549. The van der Waals surface area contributed by atoms with Crippen LogP contribution in [0.5, 0.6) is 0 Å². The summed E-state index contributed by atoms with van der Waals surface area (Å²) in [7, 11) is 2.24. The van der Waals surface area contributed by atoms with E-state index in [1.54, 1.807) is 0 Å². The Hall–Kier alpha value is -1.16. The van der Waals surface area contributed by atoms with Gasteiger partial charge in [0.1, 0.15) is 0 Å². The summed E-state index contributed by atoms with van der Waals surface area (Å²) in [5.41, 5.74) is 1.43. The second kappa shape index (κ2) is 6.08. The molecule has 3 heteroatoms. The summed E-state index contributed by atoms with van der Waals surface area (Å²) in [6.07, 6.45) is 0. The molecule has 0 saturated carbocycles. The SMILES string of the molecule is Cc1ccc(CN2CCN(C)C(c3ccccc3)C2)s1. The van der Waals surface area contributed by atoms with Crippen molar-refractivity contribution < 1.29 is 0 Å². The number of hydrogen-bond acceptors (Lipinski definition) is 3. The van der Waals surface area contributed by atoms with E-state index < -0.39 is 0 Å². The highest BCUT2D eigenvalue weighted by Crippen LogP contribution is 2.26. The molecule has 2 heterocycles. The van der Waals surface area contributed by atoms with Gasteiger partial charge in [0.2, 0.25) is 0 Å². The minimum absolute atomic E-state index is 0.519. The van der Waals surface area contributed by atoms with Gasteiger partial charge in [-0.2, -0.15) is 0 Å². The third-order valence-electron chi connectivity index (χ3n) is 4.09. The van der Waals surface area contributed by atoms with Gasteiger partial charge in [0.05, 0.1) is 0 Å². The standard InChI is InChI=1S/C17H22N2S/c1-14-8-9-16(20-14)12-19-11-10-18(2)17(13-19)15-6-4-3-5-7-15/h3-9,17H,10-13H2,1-2H3. The summed E-state index contributed by atoms with van der Waals surface area (Å²) < 4.78 is 0. The largest absolute Gasteiger partial charge is 0.297 e. The maximum atomic E-state index is 2.59. The van der Waals surface area contributed by atoms with Gasteiger partial charge in [0, 0.05) is 42.0 Å². The fraction of sp³-hybridized carbons (Fsp3) is 0.412. The topological polar surface area (TPSA) is 6.48 Å². The van der Waals surface area contributed by atoms with Crippen LogP contribution in [0.4, 0.5) is 0 Å². The molecule has 0 bridgehead atoms. The van der Waals surface area contributed by atoms with Crippen molar-refractivity contribution in [3.63, 3.8) is 0 Å². The summed E-state index contributed by atoms with van der Waals surface area (Å²) in [5, 5.41) is 0. The van der Waals surface area contributed by atoms with Gasteiger partial charge in [-0.15, -0.1) is 11.3 Å². The normalized spacial score (nSPS) is 21.2. The lowest BCUT2D eigenvalue weighted by molar-refractivity contribution is 0.0912. The number of nitrogens with zero attached hydrogens (tertiary/aromatic N) is 2. The summed E-state index contributed by atoms with van der Waals surface area (Å²) in [6.45, 7) is 6.71. The Kier molecular flexibility index (Phi) is 4.20. The van der Waals surface area contributed by atoms with Gasteiger partial charge < -0.3 is 0 Å². The van der Waals surface area contributed by atoms with Crippen LogP contribution >= 0.6 is 11.3 Å². The van der Waals surface area contributed by atoms with Crippen LogP contribution in [0, 0.1) is 6.92 Å². The maximum Gasteiger partial charge on any atom is 0.0472 e. The minimum Gasteiger partial charge on any atom is -0.297 e. The van der Waals surface area contributed by atoms with Crippen LogP contribution in [-0.4, -0.2) is 36.5 Å². The lowest BCUT2D eigenvalue weighted by atomic mass is 10.0. The van der Waals surface area contributed by atoms with Gasteiger partial charge in [-0.25, -0.2) is 0 Å². The molecule has 2 aromatic rings. The average molecular weight is 286 g/mol. The molecule has 1 aliphatic heterocycles. The minimum atomic E-state index is 0.519. The van der Waals surface area contributed by atoms with Crippen LogP contribution in [-0.2, 0) is 6.54 Å². The molecule has 1 saturated heterocycles. The molecule has 0 amide bonds. The average Bonchev–Trinajstić information content (AvgIpc) is 2.87. The van der Waals surface area contributed by atoms with E-state index in [-0.39, 0.29) is 0 Å². The Morgan fingerprint density at radius 1 is 1.10 bits per heavy atom. The molecule has 3 rings (SSSR count). The van der Waals surface area contributed by atoms with Crippen molar-refractivity contribution in [3.8, 4) is 0 Å². The highest BCUT2D eigenvalue weighted by Gasteiger charge is 2.25.